The Labute approximate surface area is 131 Å². The van der Waals surface area contributed by atoms with Crippen molar-refractivity contribution in [1.29, 1.82) is 0 Å². The maximum Gasteiger partial charge on any atom is 0.123 e. The molecule has 0 fully saturated rings. The first-order valence-electron chi connectivity index (χ1n) is 7.83. The lowest BCUT2D eigenvalue weighted by atomic mass is 10.00. The van der Waals surface area contributed by atoms with Gasteiger partial charge in [0.1, 0.15) is 5.82 Å². The SMILES string of the molecule is CCCCCCCCCC(N)Cc1cc(F)ccc1Br. The van der Waals surface area contributed by atoms with Crippen LogP contribution < -0.4 is 5.73 Å². The third-order valence-electron chi connectivity index (χ3n) is 3.67. The molecule has 0 bridgehead atoms. The van der Waals surface area contributed by atoms with Gasteiger partial charge >= 0.3 is 0 Å². The predicted molar refractivity (Wildman–Crippen MR) is 88.4 cm³/mol. The Hall–Kier alpha value is -0.410. The minimum atomic E-state index is -0.189. The molecule has 1 aromatic rings. The van der Waals surface area contributed by atoms with Crippen LogP contribution in [0.4, 0.5) is 4.39 Å². The molecule has 0 aliphatic carbocycles. The number of unbranched alkanes of at least 4 members (excludes halogenated alkanes) is 6. The lowest BCUT2D eigenvalue weighted by molar-refractivity contribution is 0.526. The van der Waals surface area contributed by atoms with Crippen molar-refractivity contribution < 1.29 is 4.39 Å². The van der Waals surface area contributed by atoms with Crippen molar-refractivity contribution in [2.24, 2.45) is 5.73 Å². The fourth-order valence-corrected chi connectivity index (χ4v) is 2.86. The molecule has 0 saturated heterocycles. The van der Waals surface area contributed by atoms with Crippen molar-refractivity contribution in [3.63, 3.8) is 0 Å². The Bertz CT molecular complexity index is 381. The predicted octanol–water partition coefficient (Wildman–Crippen LogP) is 5.60. The van der Waals surface area contributed by atoms with Gasteiger partial charge in [-0.3, -0.25) is 0 Å². The zero-order chi connectivity index (χ0) is 14.8. The summed E-state index contributed by atoms with van der Waals surface area (Å²) in [6.45, 7) is 2.24. The molecule has 3 heteroatoms. The molecular formula is C17H27BrFN. The van der Waals surface area contributed by atoms with Crippen LogP contribution in [0.5, 0.6) is 0 Å². The minimum absolute atomic E-state index is 0.128. The number of hydrogen-bond acceptors (Lipinski definition) is 1. The summed E-state index contributed by atoms with van der Waals surface area (Å²) in [4.78, 5) is 0. The van der Waals surface area contributed by atoms with E-state index in [2.05, 4.69) is 22.9 Å². The summed E-state index contributed by atoms with van der Waals surface area (Å²) in [6, 6.07) is 4.93. The van der Waals surface area contributed by atoms with Crippen LogP contribution in [0.1, 0.15) is 63.9 Å². The van der Waals surface area contributed by atoms with Gasteiger partial charge in [-0.2, -0.15) is 0 Å². The summed E-state index contributed by atoms with van der Waals surface area (Å²) in [7, 11) is 0. The van der Waals surface area contributed by atoms with Gasteiger partial charge in [0.05, 0.1) is 0 Å². The van der Waals surface area contributed by atoms with Gasteiger partial charge in [0.25, 0.3) is 0 Å². The van der Waals surface area contributed by atoms with Gasteiger partial charge in [-0.15, -0.1) is 0 Å². The van der Waals surface area contributed by atoms with E-state index in [1.54, 1.807) is 12.1 Å². The van der Waals surface area contributed by atoms with E-state index in [9.17, 15) is 4.39 Å². The van der Waals surface area contributed by atoms with E-state index in [4.69, 9.17) is 5.73 Å². The normalized spacial score (nSPS) is 12.6. The molecular weight excluding hydrogens is 317 g/mol. The Morgan fingerprint density at radius 2 is 1.75 bits per heavy atom. The molecule has 20 heavy (non-hydrogen) atoms. The lowest BCUT2D eigenvalue weighted by Crippen LogP contribution is -2.22. The molecule has 1 aromatic carbocycles. The van der Waals surface area contributed by atoms with E-state index in [0.29, 0.717) is 0 Å². The maximum atomic E-state index is 13.2. The third-order valence-corrected chi connectivity index (χ3v) is 4.44. The van der Waals surface area contributed by atoms with Gasteiger partial charge in [0.2, 0.25) is 0 Å². The summed E-state index contributed by atoms with van der Waals surface area (Å²) in [5.74, 6) is -0.189. The first-order valence-corrected chi connectivity index (χ1v) is 8.62. The fraction of sp³-hybridized carbons (Fsp3) is 0.647. The van der Waals surface area contributed by atoms with Gasteiger partial charge in [-0.1, -0.05) is 67.8 Å². The number of rotatable bonds is 10. The molecule has 0 aliphatic heterocycles. The topological polar surface area (TPSA) is 26.0 Å². The summed E-state index contributed by atoms with van der Waals surface area (Å²) in [5.41, 5.74) is 7.12. The monoisotopic (exact) mass is 343 g/mol. The average molecular weight is 344 g/mol. The molecule has 0 amide bonds. The number of benzene rings is 1. The molecule has 0 spiro atoms. The van der Waals surface area contributed by atoms with Crippen LogP contribution in [0.2, 0.25) is 0 Å². The van der Waals surface area contributed by atoms with E-state index in [1.165, 1.54) is 51.0 Å². The second-order valence-corrected chi connectivity index (χ2v) is 6.46. The summed E-state index contributed by atoms with van der Waals surface area (Å²) >= 11 is 3.45. The highest BCUT2D eigenvalue weighted by Crippen LogP contribution is 2.20. The fourth-order valence-electron chi connectivity index (χ4n) is 2.45. The Morgan fingerprint density at radius 3 is 2.45 bits per heavy atom. The zero-order valence-electron chi connectivity index (χ0n) is 12.5. The van der Waals surface area contributed by atoms with Crippen LogP contribution in [0.25, 0.3) is 0 Å². The van der Waals surface area contributed by atoms with Crippen molar-refractivity contribution in [2.45, 2.75) is 70.8 Å². The highest BCUT2D eigenvalue weighted by atomic mass is 79.9. The molecule has 0 heterocycles. The van der Waals surface area contributed by atoms with E-state index >= 15 is 0 Å². The van der Waals surface area contributed by atoms with Crippen LogP contribution >= 0.6 is 15.9 Å². The van der Waals surface area contributed by atoms with Crippen molar-refractivity contribution in [1.82, 2.24) is 0 Å². The first kappa shape index (κ1) is 17.6. The van der Waals surface area contributed by atoms with Gasteiger partial charge in [-0.25, -0.2) is 4.39 Å². The Morgan fingerprint density at radius 1 is 1.10 bits per heavy atom. The third kappa shape index (κ3) is 7.39. The molecule has 0 aliphatic rings. The number of hydrogen-bond donors (Lipinski definition) is 1. The second kappa shape index (κ2) is 10.3. The smallest absolute Gasteiger partial charge is 0.123 e. The standard InChI is InChI=1S/C17H27BrFN/c1-2-3-4-5-6-7-8-9-16(20)13-14-12-15(19)10-11-17(14)18/h10-12,16H,2-9,13,20H2,1H3. The minimum Gasteiger partial charge on any atom is -0.327 e. The van der Waals surface area contributed by atoms with Gasteiger partial charge in [0.15, 0.2) is 0 Å². The molecule has 0 saturated carbocycles. The van der Waals surface area contributed by atoms with Crippen molar-refractivity contribution in [3.05, 3.63) is 34.1 Å². The summed E-state index contributed by atoms with van der Waals surface area (Å²) in [5, 5.41) is 0. The van der Waals surface area contributed by atoms with Gasteiger partial charge in [-0.05, 0) is 36.6 Å². The van der Waals surface area contributed by atoms with Crippen molar-refractivity contribution in [2.75, 3.05) is 0 Å². The van der Waals surface area contributed by atoms with E-state index in [1.807, 2.05) is 0 Å². The molecule has 114 valence electrons. The highest BCUT2D eigenvalue weighted by molar-refractivity contribution is 9.10. The van der Waals surface area contributed by atoms with E-state index in [0.717, 1.165) is 22.9 Å². The van der Waals surface area contributed by atoms with Gasteiger partial charge < -0.3 is 5.73 Å². The Kier molecular flexibility index (Phi) is 9.12. The molecule has 0 aromatic heterocycles. The first-order chi connectivity index (χ1) is 9.63. The second-order valence-electron chi connectivity index (χ2n) is 5.61. The van der Waals surface area contributed by atoms with Crippen LogP contribution in [0.15, 0.2) is 22.7 Å². The van der Waals surface area contributed by atoms with Crippen molar-refractivity contribution >= 4 is 15.9 Å². The molecule has 1 atom stereocenters. The lowest BCUT2D eigenvalue weighted by Gasteiger charge is -2.13. The summed E-state index contributed by atoms with van der Waals surface area (Å²) in [6.07, 6.45) is 10.9. The Balaban J connectivity index is 2.17. The van der Waals surface area contributed by atoms with Gasteiger partial charge in [0, 0.05) is 10.5 Å². The molecule has 1 rings (SSSR count). The molecule has 2 N–H and O–H groups in total. The van der Waals surface area contributed by atoms with Crippen LogP contribution in [0.3, 0.4) is 0 Å². The highest BCUT2D eigenvalue weighted by Gasteiger charge is 2.08. The average Bonchev–Trinajstić information content (AvgIpc) is 2.42. The molecule has 1 unspecified atom stereocenters. The number of halogens is 2. The maximum absolute atomic E-state index is 13.2. The van der Waals surface area contributed by atoms with E-state index < -0.39 is 0 Å². The van der Waals surface area contributed by atoms with E-state index in [-0.39, 0.29) is 11.9 Å². The zero-order valence-corrected chi connectivity index (χ0v) is 14.1. The van der Waals surface area contributed by atoms with Crippen LogP contribution in [-0.2, 0) is 6.42 Å². The van der Waals surface area contributed by atoms with Crippen LogP contribution in [-0.4, -0.2) is 6.04 Å². The summed E-state index contributed by atoms with van der Waals surface area (Å²) < 4.78 is 14.1. The van der Waals surface area contributed by atoms with Crippen LogP contribution in [0, 0.1) is 5.82 Å². The quantitative estimate of drug-likeness (QED) is 0.550. The molecule has 1 nitrogen and oxygen atoms in total. The molecule has 0 radical (unpaired) electrons. The number of nitrogens with two attached hydrogens (primary N) is 1. The van der Waals surface area contributed by atoms with Crippen molar-refractivity contribution in [3.8, 4) is 0 Å². The largest absolute Gasteiger partial charge is 0.327 e.